The van der Waals surface area contributed by atoms with Crippen LogP contribution in [0.1, 0.15) is 90.4 Å². The molecule has 6 heteroatoms. The Morgan fingerprint density at radius 1 is 0.889 bits per heavy atom. The van der Waals surface area contributed by atoms with Gasteiger partial charge in [0.05, 0.1) is 21.1 Å². The van der Waals surface area contributed by atoms with E-state index in [-0.39, 0.29) is 12.5 Å². The van der Waals surface area contributed by atoms with Crippen LogP contribution in [0.4, 0.5) is 0 Å². The lowest BCUT2D eigenvalue weighted by Crippen LogP contribution is -2.60. The summed E-state index contributed by atoms with van der Waals surface area (Å²) < 4.78 is 0.336. The summed E-state index contributed by atoms with van der Waals surface area (Å²) in [4.78, 5) is 23.0. The largest absolute Gasteiger partial charge is 0.550 e. The smallest absolute Gasteiger partial charge is 0.222 e. The molecule has 0 fully saturated rings. The van der Waals surface area contributed by atoms with Crippen molar-refractivity contribution >= 4 is 11.9 Å². The first-order chi connectivity index (χ1) is 12.6. The van der Waals surface area contributed by atoms with E-state index in [0.29, 0.717) is 10.9 Å². The van der Waals surface area contributed by atoms with Gasteiger partial charge in [0, 0.05) is 18.8 Å². The predicted octanol–water partition coefficient (Wildman–Crippen LogP) is 2.34. The average molecular weight is 387 g/mol. The molecule has 0 aromatic rings. The van der Waals surface area contributed by atoms with Gasteiger partial charge in [0.25, 0.3) is 0 Å². The van der Waals surface area contributed by atoms with Gasteiger partial charge in [0.15, 0.2) is 5.72 Å². The zero-order valence-corrected chi connectivity index (χ0v) is 18.0. The number of hydrogen-bond acceptors (Lipinski definition) is 4. The highest BCUT2D eigenvalue weighted by Gasteiger charge is 2.35. The molecule has 0 spiro atoms. The molecule has 0 heterocycles. The number of likely N-dealkylation sites (N-methyl/N-ethyl adjacent to an activating group) is 1. The number of nitrogens with one attached hydrogen (secondary N) is 1. The SMILES string of the molecule is CCCCCCCCCCCCCC(=O)NC(O)(CC(=O)[O-])C[N+](C)(C)C. The van der Waals surface area contributed by atoms with Crippen molar-refractivity contribution in [3.8, 4) is 0 Å². The van der Waals surface area contributed by atoms with E-state index in [4.69, 9.17) is 0 Å². The molecule has 27 heavy (non-hydrogen) atoms. The van der Waals surface area contributed by atoms with E-state index in [9.17, 15) is 19.8 Å². The van der Waals surface area contributed by atoms with Gasteiger partial charge in [-0.2, -0.15) is 0 Å². The Morgan fingerprint density at radius 3 is 1.74 bits per heavy atom. The number of amides is 1. The highest BCUT2D eigenvalue weighted by Crippen LogP contribution is 2.14. The number of aliphatic hydroxyl groups is 1. The Morgan fingerprint density at radius 2 is 1.33 bits per heavy atom. The predicted molar refractivity (Wildman–Crippen MR) is 107 cm³/mol. The second-order valence-corrected chi connectivity index (χ2v) is 8.86. The fourth-order valence-electron chi connectivity index (χ4n) is 3.43. The Balaban J connectivity index is 3.91. The highest BCUT2D eigenvalue weighted by molar-refractivity contribution is 5.77. The molecule has 0 bridgehead atoms. The molecular weight excluding hydrogens is 344 g/mol. The number of hydrogen-bond donors (Lipinski definition) is 2. The van der Waals surface area contributed by atoms with Crippen molar-refractivity contribution in [2.24, 2.45) is 0 Å². The highest BCUT2D eigenvalue weighted by atomic mass is 16.4. The number of carboxylic acids is 1. The molecule has 1 amide bonds. The Labute approximate surface area is 165 Å². The Kier molecular flexibility index (Phi) is 13.4. The van der Waals surface area contributed by atoms with E-state index >= 15 is 0 Å². The molecule has 6 nitrogen and oxygen atoms in total. The van der Waals surface area contributed by atoms with E-state index in [2.05, 4.69) is 12.2 Å². The zero-order valence-electron chi connectivity index (χ0n) is 18.0. The summed E-state index contributed by atoms with van der Waals surface area (Å²) in [5.41, 5.74) is -1.77. The summed E-state index contributed by atoms with van der Waals surface area (Å²) in [6.07, 6.45) is 13.0. The first-order valence-electron chi connectivity index (χ1n) is 10.6. The van der Waals surface area contributed by atoms with Crippen LogP contribution >= 0.6 is 0 Å². The Bertz CT molecular complexity index is 421. The maximum absolute atomic E-state index is 12.1. The average Bonchev–Trinajstić information content (AvgIpc) is 2.49. The lowest BCUT2D eigenvalue weighted by Gasteiger charge is -2.36. The third kappa shape index (κ3) is 16.7. The van der Waals surface area contributed by atoms with Crippen LogP contribution in [0.2, 0.25) is 0 Å². The molecule has 0 rings (SSSR count). The minimum Gasteiger partial charge on any atom is -0.550 e. The molecule has 160 valence electrons. The molecule has 0 aromatic carbocycles. The third-order valence-corrected chi connectivity index (χ3v) is 4.55. The van der Waals surface area contributed by atoms with Gasteiger partial charge in [-0.15, -0.1) is 0 Å². The number of nitrogens with zero attached hydrogens (tertiary/aromatic N) is 1. The van der Waals surface area contributed by atoms with E-state index in [1.54, 1.807) is 0 Å². The van der Waals surface area contributed by atoms with Gasteiger partial charge < -0.3 is 24.8 Å². The quantitative estimate of drug-likeness (QED) is 0.228. The molecule has 2 N–H and O–H groups in total. The lowest BCUT2D eigenvalue weighted by atomic mass is 10.0. The van der Waals surface area contributed by atoms with Gasteiger partial charge in [-0.3, -0.25) is 4.79 Å². The van der Waals surface area contributed by atoms with Crippen LogP contribution in [0, 0.1) is 0 Å². The van der Waals surface area contributed by atoms with Crippen molar-refractivity contribution in [1.29, 1.82) is 0 Å². The van der Waals surface area contributed by atoms with Crippen molar-refractivity contribution in [1.82, 2.24) is 5.32 Å². The van der Waals surface area contributed by atoms with Crippen LogP contribution < -0.4 is 10.4 Å². The molecule has 1 atom stereocenters. The lowest BCUT2D eigenvalue weighted by molar-refractivity contribution is -0.877. The molecule has 0 aliphatic rings. The fourth-order valence-corrected chi connectivity index (χ4v) is 3.43. The van der Waals surface area contributed by atoms with E-state index in [1.165, 1.54) is 51.4 Å². The van der Waals surface area contributed by atoms with Crippen molar-refractivity contribution < 1.29 is 24.3 Å². The maximum atomic E-state index is 12.1. The van der Waals surface area contributed by atoms with Crippen LogP contribution in [0.5, 0.6) is 0 Å². The summed E-state index contributed by atoms with van der Waals surface area (Å²) in [7, 11) is 5.49. The number of aliphatic carboxylic acids is 1. The van der Waals surface area contributed by atoms with Crippen molar-refractivity contribution in [2.75, 3.05) is 27.7 Å². The molecule has 0 saturated heterocycles. The summed E-state index contributed by atoms with van der Waals surface area (Å²) >= 11 is 0. The van der Waals surface area contributed by atoms with Crippen molar-refractivity contribution in [3.05, 3.63) is 0 Å². The number of carbonyl (C=O) groups is 2. The first kappa shape index (κ1) is 25.9. The van der Waals surface area contributed by atoms with E-state index in [1.807, 2.05) is 21.1 Å². The van der Waals surface area contributed by atoms with Crippen LogP contribution in [0.3, 0.4) is 0 Å². The zero-order chi connectivity index (χ0) is 20.8. The molecule has 0 radical (unpaired) electrons. The minimum atomic E-state index is -1.77. The van der Waals surface area contributed by atoms with Crippen LogP contribution in [0.25, 0.3) is 0 Å². The fraction of sp³-hybridized carbons (Fsp3) is 0.905. The monoisotopic (exact) mass is 386 g/mol. The second-order valence-electron chi connectivity index (χ2n) is 8.86. The molecule has 0 aromatic heterocycles. The summed E-state index contributed by atoms with van der Waals surface area (Å²) in [5.74, 6) is -1.68. The molecular formula is C21H42N2O4. The summed E-state index contributed by atoms with van der Waals surface area (Å²) in [6.45, 7) is 2.33. The second kappa shape index (κ2) is 13.9. The van der Waals surface area contributed by atoms with Gasteiger partial charge in [-0.1, -0.05) is 71.1 Å². The molecule has 1 unspecified atom stereocenters. The van der Waals surface area contributed by atoms with Gasteiger partial charge in [0.1, 0.15) is 6.54 Å². The van der Waals surface area contributed by atoms with Gasteiger partial charge in [-0.25, -0.2) is 0 Å². The van der Waals surface area contributed by atoms with Gasteiger partial charge >= 0.3 is 0 Å². The minimum absolute atomic E-state index is 0.102. The molecule has 0 aliphatic carbocycles. The number of unbranched alkanes of at least 4 members (excludes halogenated alkanes) is 10. The standard InChI is InChI=1S/C21H42N2O4/c1-5-6-7-8-9-10-11-12-13-14-15-16-19(24)22-21(27,17-20(25)26)18-23(2,3)4/h27H,5-18H2,1-4H3,(H-,22,24,25,26). The van der Waals surface area contributed by atoms with E-state index in [0.717, 1.165) is 19.3 Å². The van der Waals surface area contributed by atoms with Gasteiger partial charge in [-0.05, 0) is 6.42 Å². The first-order valence-corrected chi connectivity index (χ1v) is 10.6. The number of carboxylic acid groups (broad SMARTS) is 1. The number of quaternary nitrogens is 1. The van der Waals surface area contributed by atoms with E-state index < -0.39 is 18.1 Å². The number of carbonyl (C=O) groups excluding carboxylic acids is 2. The van der Waals surface area contributed by atoms with Crippen LogP contribution in [-0.2, 0) is 9.59 Å². The summed E-state index contributed by atoms with van der Waals surface area (Å²) in [5, 5.41) is 23.9. The summed E-state index contributed by atoms with van der Waals surface area (Å²) in [6, 6.07) is 0. The third-order valence-electron chi connectivity index (χ3n) is 4.55. The normalized spacial score (nSPS) is 14.0. The van der Waals surface area contributed by atoms with Crippen molar-refractivity contribution in [3.63, 3.8) is 0 Å². The number of rotatable bonds is 17. The molecule has 0 saturated carbocycles. The van der Waals surface area contributed by atoms with Crippen LogP contribution in [0.15, 0.2) is 0 Å². The maximum Gasteiger partial charge on any atom is 0.222 e. The van der Waals surface area contributed by atoms with Gasteiger partial charge in [0.2, 0.25) is 5.91 Å². The Hall–Kier alpha value is -1.14. The van der Waals surface area contributed by atoms with Crippen LogP contribution in [-0.4, -0.2) is 54.9 Å². The topological polar surface area (TPSA) is 89.5 Å². The van der Waals surface area contributed by atoms with Crippen molar-refractivity contribution in [2.45, 2.75) is 96.1 Å². The molecule has 0 aliphatic heterocycles.